The maximum Gasteiger partial charge on any atom is 0.407 e. The number of imidazole rings is 1. The fourth-order valence-corrected chi connectivity index (χ4v) is 3.85. The molecule has 10 heteroatoms. The van der Waals surface area contributed by atoms with Crippen LogP contribution in [0.1, 0.15) is 36.7 Å². The SMILES string of the molecule is CCOC(=O)NC(C(=O)NNC(=O)c1ccc(CSc2nc3ccccc3[nH]2)cc1)C(C)C. The van der Waals surface area contributed by atoms with E-state index in [4.69, 9.17) is 4.74 Å². The van der Waals surface area contributed by atoms with Crippen LogP contribution in [-0.2, 0) is 15.3 Å². The van der Waals surface area contributed by atoms with Crippen molar-refractivity contribution in [1.82, 2.24) is 26.1 Å². The number of para-hydroxylation sites is 2. The predicted octanol–water partition coefficient (Wildman–Crippen LogP) is 3.39. The van der Waals surface area contributed by atoms with Crippen LogP contribution in [0, 0.1) is 5.92 Å². The number of thioether (sulfide) groups is 1. The highest BCUT2D eigenvalue weighted by molar-refractivity contribution is 7.98. The highest BCUT2D eigenvalue weighted by atomic mass is 32.2. The zero-order valence-electron chi connectivity index (χ0n) is 18.7. The summed E-state index contributed by atoms with van der Waals surface area (Å²) in [6.45, 7) is 5.43. The minimum absolute atomic E-state index is 0.196. The van der Waals surface area contributed by atoms with Gasteiger partial charge < -0.3 is 15.0 Å². The third-order valence-electron chi connectivity index (χ3n) is 4.76. The van der Waals surface area contributed by atoms with Crippen molar-refractivity contribution in [3.05, 3.63) is 59.7 Å². The van der Waals surface area contributed by atoms with E-state index in [0.29, 0.717) is 11.3 Å². The van der Waals surface area contributed by atoms with E-state index in [9.17, 15) is 14.4 Å². The van der Waals surface area contributed by atoms with E-state index in [1.807, 2.05) is 36.4 Å². The lowest BCUT2D eigenvalue weighted by Crippen LogP contribution is -2.54. The molecule has 174 valence electrons. The predicted molar refractivity (Wildman–Crippen MR) is 126 cm³/mol. The second-order valence-electron chi connectivity index (χ2n) is 7.57. The third kappa shape index (κ3) is 6.72. The number of aromatic amines is 1. The Hall–Kier alpha value is -3.53. The molecule has 33 heavy (non-hydrogen) atoms. The number of ether oxygens (including phenoxy) is 1. The number of amides is 3. The fourth-order valence-electron chi connectivity index (χ4n) is 3.00. The lowest BCUT2D eigenvalue weighted by molar-refractivity contribution is -0.124. The van der Waals surface area contributed by atoms with Crippen LogP contribution in [0.4, 0.5) is 4.79 Å². The normalized spacial score (nSPS) is 11.8. The minimum Gasteiger partial charge on any atom is -0.450 e. The molecule has 0 spiro atoms. The summed E-state index contributed by atoms with van der Waals surface area (Å²) in [4.78, 5) is 44.2. The molecule has 1 heterocycles. The maximum atomic E-state index is 12.4. The molecule has 0 aliphatic carbocycles. The van der Waals surface area contributed by atoms with E-state index in [-0.39, 0.29) is 12.5 Å². The second-order valence-corrected chi connectivity index (χ2v) is 8.54. The number of rotatable bonds is 8. The summed E-state index contributed by atoms with van der Waals surface area (Å²) in [7, 11) is 0. The molecule has 3 rings (SSSR count). The summed E-state index contributed by atoms with van der Waals surface area (Å²) in [6.07, 6.45) is -0.686. The molecule has 1 aromatic heterocycles. The van der Waals surface area contributed by atoms with E-state index in [2.05, 4.69) is 26.1 Å². The zero-order valence-corrected chi connectivity index (χ0v) is 19.5. The Kier molecular flexibility index (Phi) is 8.31. The van der Waals surface area contributed by atoms with Gasteiger partial charge in [0.05, 0.1) is 17.6 Å². The van der Waals surface area contributed by atoms with Crippen molar-refractivity contribution < 1.29 is 19.1 Å². The zero-order chi connectivity index (χ0) is 23.8. The molecule has 3 amide bonds. The Labute approximate surface area is 196 Å². The van der Waals surface area contributed by atoms with E-state index < -0.39 is 23.9 Å². The van der Waals surface area contributed by atoms with Crippen molar-refractivity contribution in [2.24, 2.45) is 5.92 Å². The number of nitrogens with one attached hydrogen (secondary N) is 4. The number of aromatic nitrogens is 2. The molecule has 0 aliphatic rings. The number of carbonyl (C=O) groups is 3. The quantitative estimate of drug-likeness (QED) is 0.296. The van der Waals surface area contributed by atoms with E-state index >= 15 is 0 Å². The van der Waals surface area contributed by atoms with E-state index in [1.54, 1.807) is 44.7 Å². The van der Waals surface area contributed by atoms with Crippen LogP contribution in [0.3, 0.4) is 0 Å². The molecule has 2 aromatic carbocycles. The Bertz CT molecular complexity index is 1080. The summed E-state index contributed by atoms with van der Waals surface area (Å²) in [5.41, 5.74) is 8.08. The lowest BCUT2D eigenvalue weighted by Gasteiger charge is -2.21. The summed E-state index contributed by atoms with van der Waals surface area (Å²) >= 11 is 1.57. The van der Waals surface area contributed by atoms with Gasteiger partial charge in [0.15, 0.2) is 5.16 Å². The van der Waals surface area contributed by atoms with Crippen molar-refractivity contribution in [1.29, 1.82) is 0 Å². The van der Waals surface area contributed by atoms with Gasteiger partial charge in [-0.3, -0.25) is 20.4 Å². The average Bonchev–Trinajstić information content (AvgIpc) is 3.23. The minimum atomic E-state index is -0.845. The summed E-state index contributed by atoms with van der Waals surface area (Å²) in [6, 6.07) is 14.1. The lowest BCUT2D eigenvalue weighted by atomic mass is 10.0. The van der Waals surface area contributed by atoms with Crippen molar-refractivity contribution >= 4 is 40.7 Å². The molecule has 1 unspecified atom stereocenters. The first-order valence-electron chi connectivity index (χ1n) is 10.6. The van der Waals surface area contributed by atoms with Crippen molar-refractivity contribution in [3.63, 3.8) is 0 Å². The van der Waals surface area contributed by atoms with Crippen LogP contribution in [0.5, 0.6) is 0 Å². The van der Waals surface area contributed by atoms with Crippen LogP contribution in [-0.4, -0.2) is 40.5 Å². The molecule has 0 saturated heterocycles. The molecule has 1 atom stereocenters. The summed E-state index contributed by atoms with van der Waals surface area (Å²) in [5.74, 6) is -0.507. The molecular weight excluding hydrogens is 442 g/mol. The third-order valence-corrected chi connectivity index (χ3v) is 5.70. The Balaban J connectivity index is 1.50. The number of alkyl carbamates (subject to hydrolysis) is 1. The van der Waals surface area contributed by atoms with Gasteiger partial charge in [-0.2, -0.15) is 0 Å². The van der Waals surface area contributed by atoms with Gasteiger partial charge in [-0.25, -0.2) is 9.78 Å². The van der Waals surface area contributed by atoms with Crippen LogP contribution in [0.15, 0.2) is 53.7 Å². The molecule has 4 N–H and O–H groups in total. The van der Waals surface area contributed by atoms with Crippen LogP contribution in [0.25, 0.3) is 11.0 Å². The number of fused-ring (bicyclic) bond motifs is 1. The summed E-state index contributed by atoms with van der Waals surface area (Å²) in [5, 5.41) is 3.32. The van der Waals surface area contributed by atoms with Gasteiger partial charge in [-0.15, -0.1) is 0 Å². The number of carbonyl (C=O) groups excluding carboxylic acids is 3. The Morgan fingerprint density at radius 2 is 1.79 bits per heavy atom. The number of benzene rings is 2. The van der Waals surface area contributed by atoms with Gasteiger partial charge in [0.1, 0.15) is 6.04 Å². The van der Waals surface area contributed by atoms with Crippen molar-refractivity contribution in [3.8, 4) is 0 Å². The monoisotopic (exact) mass is 469 g/mol. The first kappa shape index (κ1) is 24.1. The number of hydrazine groups is 1. The molecule has 3 aromatic rings. The number of nitrogens with zero attached hydrogens (tertiary/aromatic N) is 1. The van der Waals surface area contributed by atoms with Gasteiger partial charge >= 0.3 is 6.09 Å². The highest BCUT2D eigenvalue weighted by Gasteiger charge is 2.25. The molecule has 0 fully saturated rings. The highest BCUT2D eigenvalue weighted by Crippen LogP contribution is 2.23. The van der Waals surface area contributed by atoms with Gasteiger partial charge in [0, 0.05) is 11.3 Å². The van der Waals surface area contributed by atoms with Crippen LogP contribution >= 0.6 is 11.8 Å². The Morgan fingerprint density at radius 3 is 2.45 bits per heavy atom. The molecular formula is C23H27N5O4S. The fraction of sp³-hybridized carbons (Fsp3) is 0.304. The first-order valence-corrected chi connectivity index (χ1v) is 11.6. The topological polar surface area (TPSA) is 125 Å². The van der Waals surface area contributed by atoms with Gasteiger partial charge in [0.25, 0.3) is 11.8 Å². The molecule has 0 bridgehead atoms. The standard InChI is InChI=1S/C23H27N5O4S/c1-4-32-23(31)26-19(14(2)3)21(30)28-27-20(29)16-11-9-15(10-12-16)13-33-22-24-17-7-5-6-8-18(17)25-22/h5-12,14,19H,4,13H2,1-3H3,(H,24,25)(H,26,31)(H,27,29)(H,28,30). The van der Waals surface area contributed by atoms with Crippen molar-refractivity contribution in [2.45, 2.75) is 37.7 Å². The first-order chi connectivity index (χ1) is 15.9. The van der Waals surface area contributed by atoms with E-state index in [0.717, 1.165) is 21.8 Å². The molecule has 0 aliphatic heterocycles. The largest absolute Gasteiger partial charge is 0.450 e. The van der Waals surface area contributed by atoms with Crippen LogP contribution < -0.4 is 16.2 Å². The van der Waals surface area contributed by atoms with E-state index in [1.165, 1.54) is 0 Å². The van der Waals surface area contributed by atoms with Crippen molar-refractivity contribution in [2.75, 3.05) is 6.61 Å². The van der Waals surface area contributed by atoms with Gasteiger partial charge in [-0.1, -0.05) is 49.9 Å². The average molecular weight is 470 g/mol. The van der Waals surface area contributed by atoms with Crippen LogP contribution in [0.2, 0.25) is 0 Å². The number of hydrogen-bond acceptors (Lipinski definition) is 6. The molecule has 0 saturated carbocycles. The molecule has 0 radical (unpaired) electrons. The molecule has 9 nitrogen and oxygen atoms in total. The number of hydrogen-bond donors (Lipinski definition) is 4. The number of H-pyrrole nitrogens is 1. The summed E-state index contributed by atoms with van der Waals surface area (Å²) < 4.78 is 4.82. The smallest absolute Gasteiger partial charge is 0.407 e. The van der Waals surface area contributed by atoms with Gasteiger partial charge in [0.2, 0.25) is 0 Å². The second kappa shape index (κ2) is 11.4. The maximum absolute atomic E-state index is 12.4. The Morgan fingerprint density at radius 1 is 1.06 bits per heavy atom. The van der Waals surface area contributed by atoms with Gasteiger partial charge in [-0.05, 0) is 42.7 Å².